The molecule has 44 heavy (non-hydrogen) atoms. The summed E-state index contributed by atoms with van der Waals surface area (Å²) in [6.45, 7) is 1.66. The van der Waals surface area contributed by atoms with Crippen LogP contribution in [0.3, 0.4) is 0 Å². The number of hydrogen-bond acceptors (Lipinski definition) is 8. The topological polar surface area (TPSA) is 108 Å². The number of carbonyl (C=O) groups is 1. The van der Waals surface area contributed by atoms with Crippen molar-refractivity contribution in [2.24, 2.45) is 0 Å². The zero-order valence-corrected chi connectivity index (χ0v) is 25.2. The van der Waals surface area contributed by atoms with Crippen molar-refractivity contribution in [1.82, 2.24) is 24.3 Å². The molecular weight excluding hydrogens is 570 g/mol. The molecular formula is C34H33N7O2S. The number of thiophene rings is 1. The van der Waals surface area contributed by atoms with Crippen LogP contribution in [-0.4, -0.2) is 62.0 Å². The fraction of sp³-hybridized carbons (Fsp3) is 0.176. The van der Waals surface area contributed by atoms with E-state index >= 15 is 0 Å². The number of anilines is 3. The number of aliphatic hydroxyl groups excluding tert-OH is 1. The van der Waals surface area contributed by atoms with Gasteiger partial charge in [-0.2, -0.15) is 0 Å². The van der Waals surface area contributed by atoms with E-state index in [0.717, 1.165) is 46.1 Å². The summed E-state index contributed by atoms with van der Waals surface area (Å²) in [5, 5.41) is 17.5. The molecule has 4 heterocycles. The van der Waals surface area contributed by atoms with Gasteiger partial charge in [-0.15, -0.1) is 11.3 Å². The first-order valence-electron chi connectivity index (χ1n) is 14.4. The van der Waals surface area contributed by atoms with Crippen molar-refractivity contribution in [3.63, 3.8) is 0 Å². The van der Waals surface area contributed by atoms with E-state index in [-0.39, 0.29) is 12.5 Å². The Hall–Kier alpha value is -4.90. The van der Waals surface area contributed by atoms with Crippen LogP contribution in [0.25, 0.3) is 28.3 Å². The maximum atomic E-state index is 12.7. The van der Waals surface area contributed by atoms with Crippen LogP contribution in [0.1, 0.15) is 10.4 Å². The van der Waals surface area contributed by atoms with Gasteiger partial charge in [-0.25, -0.2) is 15.0 Å². The van der Waals surface area contributed by atoms with Crippen LogP contribution >= 0.6 is 11.3 Å². The number of hydrogen-bond donors (Lipinski definition) is 3. The fourth-order valence-electron chi connectivity index (χ4n) is 5.05. The van der Waals surface area contributed by atoms with Gasteiger partial charge < -0.3 is 20.6 Å². The minimum Gasteiger partial charge on any atom is -0.395 e. The first-order chi connectivity index (χ1) is 21.6. The molecule has 4 aromatic heterocycles. The summed E-state index contributed by atoms with van der Waals surface area (Å²) < 4.78 is 2.02. The molecule has 6 rings (SSSR count). The predicted octanol–water partition coefficient (Wildman–Crippen LogP) is 5.91. The van der Waals surface area contributed by atoms with Crippen LogP contribution in [0.15, 0.2) is 103 Å². The summed E-state index contributed by atoms with van der Waals surface area (Å²) in [5.74, 6) is 0.413. The normalized spacial score (nSPS) is 11.2. The molecule has 0 aliphatic heterocycles. The number of imidazole rings is 1. The average Bonchev–Trinajstić information content (AvgIpc) is 3.69. The highest BCUT2D eigenvalue weighted by Crippen LogP contribution is 2.33. The number of rotatable bonds is 12. The van der Waals surface area contributed by atoms with Crippen LogP contribution < -0.4 is 10.6 Å². The summed E-state index contributed by atoms with van der Waals surface area (Å²) in [7, 11) is 2.00. The smallest absolute Gasteiger partial charge is 0.229 e. The van der Waals surface area contributed by atoms with E-state index in [9.17, 15) is 9.90 Å². The minimum atomic E-state index is -0.0624. The third-order valence-electron chi connectivity index (χ3n) is 7.21. The van der Waals surface area contributed by atoms with Crippen LogP contribution in [0.4, 0.5) is 17.3 Å². The lowest BCUT2D eigenvalue weighted by molar-refractivity contribution is -0.115. The second kappa shape index (κ2) is 13.6. The Kier molecular flexibility index (Phi) is 9.02. The third-order valence-corrected chi connectivity index (χ3v) is 8.09. The van der Waals surface area contributed by atoms with Crippen molar-refractivity contribution in [1.29, 1.82) is 0 Å². The minimum absolute atomic E-state index is 0.0624. The van der Waals surface area contributed by atoms with E-state index in [1.165, 1.54) is 5.56 Å². The molecule has 9 nitrogen and oxygen atoms in total. The monoisotopic (exact) mass is 603 g/mol. The maximum Gasteiger partial charge on any atom is 0.229 e. The molecule has 0 saturated carbocycles. The molecule has 0 saturated heterocycles. The first kappa shape index (κ1) is 29.2. The van der Waals surface area contributed by atoms with Crippen molar-refractivity contribution < 1.29 is 9.90 Å². The molecule has 0 aliphatic rings. The lowest BCUT2D eigenvalue weighted by atomic mass is 10.1. The first-order valence-corrected chi connectivity index (χ1v) is 15.3. The predicted molar refractivity (Wildman–Crippen MR) is 176 cm³/mol. The lowest BCUT2D eigenvalue weighted by Crippen LogP contribution is -2.24. The van der Waals surface area contributed by atoms with Crippen molar-refractivity contribution in [3.05, 3.63) is 113 Å². The quantitative estimate of drug-likeness (QED) is 0.160. The number of amides is 1. The van der Waals surface area contributed by atoms with Gasteiger partial charge in [-0.3, -0.25) is 9.20 Å². The molecule has 0 atom stereocenters. The zero-order chi connectivity index (χ0) is 30.3. The number of fused-ring (bicyclic) bond motifs is 1. The highest BCUT2D eigenvalue weighted by Gasteiger charge is 2.18. The molecule has 2 aromatic carbocycles. The van der Waals surface area contributed by atoms with Crippen molar-refractivity contribution in [2.75, 3.05) is 37.4 Å². The number of likely N-dealkylation sites (N-methyl/N-ethyl adjacent to an activating group) is 1. The summed E-state index contributed by atoms with van der Waals surface area (Å²) in [6, 6.07) is 27.6. The Morgan fingerprint density at radius 2 is 1.84 bits per heavy atom. The molecule has 0 fully saturated rings. The Morgan fingerprint density at radius 1 is 0.955 bits per heavy atom. The van der Waals surface area contributed by atoms with E-state index in [2.05, 4.69) is 32.7 Å². The summed E-state index contributed by atoms with van der Waals surface area (Å²) in [5.41, 5.74) is 6.74. The second-order valence-corrected chi connectivity index (χ2v) is 11.5. The highest BCUT2D eigenvalue weighted by atomic mass is 32.1. The van der Waals surface area contributed by atoms with Gasteiger partial charge >= 0.3 is 0 Å². The molecule has 0 bridgehead atoms. The van der Waals surface area contributed by atoms with Gasteiger partial charge in [0, 0.05) is 47.3 Å². The summed E-state index contributed by atoms with van der Waals surface area (Å²) in [4.78, 5) is 30.2. The number of aliphatic hydroxyl groups is 1. The number of aromatic nitrogens is 4. The number of nitrogens with one attached hydrogen (secondary N) is 2. The second-order valence-electron chi connectivity index (χ2n) is 10.5. The van der Waals surface area contributed by atoms with Gasteiger partial charge in [0.15, 0.2) is 0 Å². The SMILES string of the molecule is CN(CCO)CCc1cccc(Nc2nccc(-c3c(-c4cccc(NC(=O)Cc5cccs5)c4)nc4ccccn34)n2)c1. The Labute approximate surface area is 259 Å². The lowest BCUT2D eigenvalue weighted by Gasteiger charge is -2.15. The highest BCUT2D eigenvalue weighted by molar-refractivity contribution is 7.10. The van der Waals surface area contributed by atoms with Crippen molar-refractivity contribution in [3.8, 4) is 22.6 Å². The van der Waals surface area contributed by atoms with E-state index in [0.29, 0.717) is 30.3 Å². The van der Waals surface area contributed by atoms with E-state index in [1.54, 1.807) is 17.5 Å². The average molecular weight is 604 g/mol. The molecule has 0 aliphatic carbocycles. The van der Waals surface area contributed by atoms with Gasteiger partial charge in [-0.1, -0.05) is 36.4 Å². The van der Waals surface area contributed by atoms with E-state index in [4.69, 9.17) is 9.97 Å². The summed E-state index contributed by atoms with van der Waals surface area (Å²) >= 11 is 1.57. The van der Waals surface area contributed by atoms with Crippen molar-refractivity contribution in [2.45, 2.75) is 12.8 Å². The number of benzene rings is 2. The van der Waals surface area contributed by atoms with E-state index in [1.807, 2.05) is 95.8 Å². The van der Waals surface area contributed by atoms with Crippen LogP contribution in [0.5, 0.6) is 0 Å². The fourth-order valence-corrected chi connectivity index (χ4v) is 5.75. The van der Waals surface area contributed by atoms with Crippen LogP contribution in [0, 0.1) is 0 Å². The molecule has 6 aromatic rings. The van der Waals surface area contributed by atoms with E-state index < -0.39 is 0 Å². The Bertz CT molecular complexity index is 1870. The Morgan fingerprint density at radius 3 is 2.70 bits per heavy atom. The Balaban J connectivity index is 1.27. The number of nitrogens with zero attached hydrogens (tertiary/aromatic N) is 5. The molecule has 222 valence electrons. The standard InChI is InChI=1S/C34H33N7O2S/c1-40(18-19-42)17-14-24-7-4-9-26(21-24)37-34-35-15-13-29(38-34)33-32(39-30-12-2-3-16-41(30)33)25-8-5-10-27(22-25)36-31(43)23-28-11-6-20-44-28/h2-13,15-16,20-22,42H,14,17-19,23H2,1H3,(H,36,43)(H,35,37,38). The number of carbonyl (C=O) groups excluding carboxylic acids is 1. The zero-order valence-electron chi connectivity index (χ0n) is 24.4. The van der Waals surface area contributed by atoms with Crippen LogP contribution in [0.2, 0.25) is 0 Å². The maximum absolute atomic E-state index is 12.7. The molecule has 10 heteroatoms. The van der Waals surface area contributed by atoms with Gasteiger partial charge in [0.25, 0.3) is 0 Å². The largest absolute Gasteiger partial charge is 0.395 e. The van der Waals surface area contributed by atoms with Crippen LogP contribution in [-0.2, 0) is 17.6 Å². The molecule has 0 unspecified atom stereocenters. The van der Waals surface area contributed by atoms with Crippen molar-refractivity contribution >= 4 is 40.2 Å². The van der Waals surface area contributed by atoms with Gasteiger partial charge in [0.05, 0.1) is 30.1 Å². The molecule has 1 amide bonds. The molecule has 0 radical (unpaired) electrons. The third kappa shape index (κ3) is 7.00. The summed E-state index contributed by atoms with van der Waals surface area (Å²) in [6.07, 6.45) is 4.92. The van der Waals surface area contributed by atoms with Gasteiger partial charge in [-0.05, 0) is 72.9 Å². The van der Waals surface area contributed by atoms with Gasteiger partial charge in [0.2, 0.25) is 11.9 Å². The molecule has 3 N–H and O–H groups in total. The van der Waals surface area contributed by atoms with Gasteiger partial charge in [0.1, 0.15) is 5.65 Å². The molecule has 0 spiro atoms. The number of pyridine rings is 1.